The summed E-state index contributed by atoms with van der Waals surface area (Å²) in [7, 11) is 0. The van der Waals surface area contributed by atoms with E-state index >= 15 is 0 Å². The molecule has 3 heterocycles. The number of hydrogen-bond acceptors (Lipinski definition) is 7. The number of ether oxygens (including phenoxy) is 1. The van der Waals surface area contributed by atoms with E-state index in [1.54, 1.807) is 22.9 Å². The molecule has 2 aromatic heterocycles. The third-order valence-corrected chi connectivity index (χ3v) is 4.81. The molecular formula is C13H14N4O3S2. The lowest BCUT2D eigenvalue weighted by Crippen LogP contribution is -2.41. The summed E-state index contributed by atoms with van der Waals surface area (Å²) < 4.78 is 5.29. The van der Waals surface area contributed by atoms with Crippen molar-refractivity contribution in [1.82, 2.24) is 15.8 Å². The van der Waals surface area contributed by atoms with Crippen LogP contribution in [0, 0.1) is 0 Å². The lowest BCUT2D eigenvalue weighted by molar-refractivity contribution is 0.0846. The van der Waals surface area contributed by atoms with Crippen molar-refractivity contribution in [3.63, 3.8) is 0 Å². The Balaban J connectivity index is 1.56. The molecule has 1 aliphatic heterocycles. The molecule has 2 N–H and O–H groups in total. The second kappa shape index (κ2) is 6.86. The van der Waals surface area contributed by atoms with Gasteiger partial charge in [-0.2, -0.15) is 0 Å². The van der Waals surface area contributed by atoms with E-state index in [0.717, 1.165) is 18.2 Å². The fourth-order valence-corrected chi connectivity index (χ4v) is 3.39. The molecule has 0 radical (unpaired) electrons. The molecule has 116 valence electrons. The number of carbonyl (C=O) groups excluding carboxylic acids is 2. The molecule has 2 aromatic rings. The molecule has 1 aliphatic rings. The molecule has 2 amide bonds. The first-order valence-corrected chi connectivity index (χ1v) is 8.42. The van der Waals surface area contributed by atoms with Crippen LogP contribution in [-0.4, -0.2) is 43.1 Å². The standard InChI is InChI=1S/C13H14N4O3S2/c18-11(15-16-12(19)10-2-1-7-21-10)9-8-22-13(14-9)17-3-5-20-6-4-17/h1-2,7-8H,3-6H2,(H,15,18)(H,16,19). The summed E-state index contributed by atoms with van der Waals surface area (Å²) in [4.78, 5) is 30.6. The van der Waals surface area contributed by atoms with Gasteiger partial charge in [-0.05, 0) is 11.4 Å². The van der Waals surface area contributed by atoms with Gasteiger partial charge in [-0.1, -0.05) is 6.07 Å². The van der Waals surface area contributed by atoms with Crippen LogP contribution in [0.5, 0.6) is 0 Å². The highest BCUT2D eigenvalue weighted by molar-refractivity contribution is 7.14. The summed E-state index contributed by atoms with van der Waals surface area (Å²) in [6, 6.07) is 3.46. The Labute approximate surface area is 134 Å². The molecule has 7 nitrogen and oxygen atoms in total. The Morgan fingerprint density at radius 3 is 2.68 bits per heavy atom. The van der Waals surface area contributed by atoms with Gasteiger partial charge in [-0.15, -0.1) is 22.7 Å². The molecule has 1 saturated heterocycles. The predicted molar refractivity (Wildman–Crippen MR) is 84.4 cm³/mol. The van der Waals surface area contributed by atoms with E-state index in [-0.39, 0.29) is 11.6 Å². The third kappa shape index (κ3) is 3.43. The highest BCUT2D eigenvalue weighted by Gasteiger charge is 2.18. The van der Waals surface area contributed by atoms with Crippen LogP contribution >= 0.6 is 22.7 Å². The van der Waals surface area contributed by atoms with Crippen molar-refractivity contribution < 1.29 is 14.3 Å². The molecule has 0 saturated carbocycles. The van der Waals surface area contributed by atoms with Gasteiger partial charge in [-0.3, -0.25) is 20.4 Å². The number of anilines is 1. The number of thiazole rings is 1. The average Bonchev–Trinajstić information content (AvgIpc) is 3.24. The largest absolute Gasteiger partial charge is 0.378 e. The molecule has 0 spiro atoms. The maximum absolute atomic E-state index is 12.0. The number of rotatable bonds is 3. The zero-order chi connectivity index (χ0) is 15.4. The van der Waals surface area contributed by atoms with Gasteiger partial charge >= 0.3 is 0 Å². The Bertz CT molecular complexity index is 650. The first-order valence-electron chi connectivity index (χ1n) is 6.66. The molecule has 0 atom stereocenters. The lowest BCUT2D eigenvalue weighted by atomic mass is 10.4. The van der Waals surface area contributed by atoms with Crippen LogP contribution in [0.25, 0.3) is 0 Å². The summed E-state index contributed by atoms with van der Waals surface area (Å²) in [5, 5.41) is 4.27. The first-order chi connectivity index (χ1) is 10.7. The summed E-state index contributed by atoms with van der Waals surface area (Å²) in [6.07, 6.45) is 0. The fourth-order valence-electron chi connectivity index (χ4n) is 1.92. The zero-order valence-corrected chi connectivity index (χ0v) is 13.2. The number of amides is 2. The van der Waals surface area contributed by atoms with Crippen LogP contribution in [0.15, 0.2) is 22.9 Å². The number of morpholine rings is 1. The Morgan fingerprint density at radius 2 is 1.95 bits per heavy atom. The summed E-state index contributed by atoms with van der Waals surface area (Å²) in [5.41, 5.74) is 5.04. The number of thiophene rings is 1. The van der Waals surface area contributed by atoms with E-state index in [0.29, 0.717) is 18.1 Å². The van der Waals surface area contributed by atoms with Crippen LogP contribution in [-0.2, 0) is 4.74 Å². The van der Waals surface area contributed by atoms with Gasteiger partial charge in [0.25, 0.3) is 11.8 Å². The Kier molecular flexibility index (Phi) is 4.66. The highest BCUT2D eigenvalue weighted by atomic mass is 32.1. The minimum absolute atomic E-state index is 0.290. The lowest BCUT2D eigenvalue weighted by Gasteiger charge is -2.25. The van der Waals surface area contributed by atoms with E-state index < -0.39 is 5.91 Å². The van der Waals surface area contributed by atoms with Gasteiger partial charge in [0, 0.05) is 18.5 Å². The number of nitrogens with one attached hydrogen (secondary N) is 2. The summed E-state index contributed by atoms with van der Waals surface area (Å²) >= 11 is 2.71. The molecule has 1 fully saturated rings. The summed E-state index contributed by atoms with van der Waals surface area (Å²) in [5.74, 6) is -0.771. The van der Waals surface area contributed by atoms with E-state index in [9.17, 15) is 9.59 Å². The van der Waals surface area contributed by atoms with Crippen molar-refractivity contribution in [1.29, 1.82) is 0 Å². The summed E-state index contributed by atoms with van der Waals surface area (Å²) in [6.45, 7) is 2.86. The normalized spacial score (nSPS) is 14.6. The second-order valence-electron chi connectivity index (χ2n) is 4.50. The maximum atomic E-state index is 12.0. The van der Waals surface area contributed by atoms with Gasteiger partial charge in [0.1, 0.15) is 5.69 Å². The van der Waals surface area contributed by atoms with Gasteiger partial charge in [-0.25, -0.2) is 4.98 Å². The van der Waals surface area contributed by atoms with Crippen molar-refractivity contribution in [2.45, 2.75) is 0 Å². The van der Waals surface area contributed by atoms with Crippen LogP contribution in [0.4, 0.5) is 5.13 Å². The topological polar surface area (TPSA) is 83.6 Å². The van der Waals surface area contributed by atoms with E-state index in [1.807, 2.05) is 0 Å². The molecule has 0 unspecified atom stereocenters. The Morgan fingerprint density at radius 1 is 1.18 bits per heavy atom. The predicted octanol–water partition coefficient (Wildman–Crippen LogP) is 1.12. The zero-order valence-electron chi connectivity index (χ0n) is 11.6. The molecule has 3 rings (SSSR count). The SMILES string of the molecule is O=C(NNC(=O)c1cccs1)c1csc(N2CCOCC2)n1. The molecule has 0 aromatic carbocycles. The van der Waals surface area contributed by atoms with Gasteiger partial charge < -0.3 is 9.64 Å². The van der Waals surface area contributed by atoms with Gasteiger partial charge in [0.05, 0.1) is 18.1 Å². The smallest absolute Gasteiger partial charge is 0.289 e. The van der Waals surface area contributed by atoms with Crippen molar-refractivity contribution >= 4 is 39.6 Å². The monoisotopic (exact) mass is 338 g/mol. The number of hydrazine groups is 1. The van der Waals surface area contributed by atoms with Crippen LogP contribution in [0.3, 0.4) is 0 Å². The van der Waals surface area contributed by atoms with Gasteiger partial charge in [0.15, 0.2) is 5.13 Å². The molecule has 0 aliphatic carbocycles. The van der Waals surface area contributed by atoms with Crippen molar-refractivity contribution in [3.8, 4) is 0 Å². The fraction of sp³-hybridized carbons (Fsp3) is 0.308. The minimum atomic E-state index is -0.430. The quantitative estimate of drug-likeness (QED) is 0.820. The van der Waals surface area contributed by atoms with E-state index in [1.165, 1.54) is 22.7 Å². The van der Waals surface area contributed by atoms with Crippen LogP contribution < -0.4 is 15.8 Å². The molecule has 0 bridgehead atoms. The number of aromatic nitrogens is 1. The molecular weight excluding hydrogens is 324 g/mol. The van der Waals surface area contributed by atoms with Gasteiger partial charge in [0.2, 0.25) is 0 Å². The minimum Gasteiger partial charge on any atom is -0.378 e. The highest BCUT2D eigenvalue weighted by Crippen LogP contribution is 2.21. The van der Waals surface area contributed by atoms with Crippen molar-refractivity contribution in [3.05, 3.63) is 33.5 Å². The van der Waals surface area contributed by atoms with Crippen molar-refractivity contribution in [2.75, 3.05) is 31.2 Å². The van der Waals surface area contributed by atoms with E-state index in [2.05, 4.69) is 20.7 Å². The number of carbonyl (C=O) groups is 2. The maximum Gasteiger partial charge on any atom is 0.289 e. The third-order valence-electron chi connectivity index (χ3n) is 3.04. The average molecular weight is 338 g/mol. The van der Waals surface area contributed by atoms with Crippen LogP contribution in [0.1, 0.15) is 20.2 Å². The second-order valence-corrected chi connectivity index (χ2v) is 6.28. The number of hydrogen-bond donors (Lipinski definition) is 2. The molecule has 22 heavy (non-hydrogen) atoms. The first kappa shape index (κ1) is 14.9. The number of nitrogens with zero attached hydrogens (tertiary/aromatic N) is 2. The molecule has 9 heteroatoms. The Hall–Kier alpha value is -1.97. The van der Waals surface area contributed by atoms with Crippen molar-refractivity contribution in [2.24, 2.45) is 0 Å². The van der Waals surface area contributed by atoms with Crippen LogP contribution in [0.2, 0.25) is 0 Å². The van der Waals surface area contributed by atoms with E-state index in [4.69, 9.17) is 4.74 Å².